The van der Waals surface area contributed by atoms with Crippen LogP contribution >= 0.6 is 15.9 Å². The van der Waals surface area contributed by atoms with Gasteiger partial charge in [-0.3, -0.25) is 10.1 Å². The van der Waals surface area contributed by atoms with E-state index in [2.05, 4.69) is 15.9 Å². The summed E-state index contributed by atoms with van der Waals surface area (Å²) in [5.74, 6) is 0. The lowest BCUT2D eigenvalue weighted by Gasteiger charge is -2.07. The van der Waals surface area contributed by atoms with E-state index in [9.17, 15) is 10.1 Å². The van der Waals surface area contributed by atoms with Crippen molar-refractivity contribution in [3.63, 3.8) is 0 Å². The van der Waals surface area contributed by atoms with Crippen molar-refractivity contribution >= 4 is 21.6 Å². The highest BCUT2D eigenvalue weighted by Crippen LogP contribution is 2.25. The molecule has 0 spiro atoms. The van der Waals surface area contributed by atoms with Gasteiger partial charge in [-0.1, -0.05) is 6.07 Å². The Hall–Kier alpha value is -0.980. The van der Waals surface area contributed by atoms with E-state index in [0.29, 0.717) is 10.0 Å². The second kappa shape index (κ2) is 4.50. The Morgan fingerprint density at radius 1 is 1.64 bits per heavy atom. The monoisotopic (exact) mass is 260 g/mol. The molecule has 0 bridgehead atoms. The molecular weight excluding hydrogens is 252 g/mol. The van der Waals surface area contributed by atoms with Gasteiger partial charge in [0.05, 0.1) is 9.40 Å². The Morgan fingerprint density at radius 3 is 2.79 bits per heavy atom. The van der Waals surface area contributed by atoms with E-state index in [1.165, 1.54) is 13.1 Å². The fourth-order valence-corrected chi connectivity index (χ4v) is 1.45. The van der Waals surface area contributed by atoms with Gasteiger partial charge in [0.1, 0.15) is 0 Å². The summed E-state index contributed by atoms with van der Waals surface area (Å²) in [7, 11) is 1.48. The number of nitro benzene ring substituents is 1. The quantitative estimate of drug-likeness (QED) is 0.668. The molecule has 1 rings (SSSR count). The van der Waals surface area contributed by atoms with E-state index in [-0.39, 0.29) is 12.2 Å². The van der Waals surface area contributed by atoms with Crippen molar-refractivity contribution in [2.75, 3.05) is 7.05 Å². The number of hydroxylamine groups is 2. The van der Waals surface area contributed by atoms with Crippen LogP contribution < -0.4 is 0 Å². The van der Waals surface area contributed by atoms with Crippen LogP contribution in [-0.2, 0) is 6.54 Å². The summed E-state index contributed by atoms with van der Waals surface area (Å²) in [5, 5.41) is 20.5. The molecule has 0 fully saturated rings. The average Bonchev–Trinajstić information content (AvgIpc) is 2.07. The maximum absolute atomic E-state index is 10.6. The molecule has 0 saturated heterocycles. The fourth-order valence-electron chi connectivity index (χ4n) is 1.06. The second-order valence-electron chi connectivity index (χ2n) is 2.86. The van der Waals surface area contributed by atoms with Crippen molar-refractivity contribution in [3.05, 3.63) is 38.3 Å². The summed E-state index contributed by atoms with van der Waals surface area (Å²) >= 11 is 3.08. The van der Waals surface area contributed by atoms with E-state index in [1.807, 2.05) is 0 Å². The molecule has 0 aliphatic rings. The van der Waals surface area contributed by atoms with Crippen molar-refractivity contribution in [3.8, 4) is 0 Å². The van der Waals surface area contributed by atoms with Crippen molar-refractivity contribution in [1.82, 2.24) is 5.06 Å². The lowest BCUT2D eigenvalue weighted by molar-refractivity contribution is -0.385. The Bertz CT molecular complexity index is 354. The smallest absolute Gasteiger partial charge is 0.283 e. The lowest BCUT2D eigenvalue weighted by Crippen LogP contribution is -2.11. The lowest BCUT2D eigenvalue weighted by atomic mass is 10.2. The molecular formula is C8H9BrN2O3. The SMILES string of the molecule is CN(O)Cc1ccc(Br)c([N+](=O)[O-])c1. The molecule has 0 aliphatic heterocycles. The molecule has 1 aromatic carbocycles. The van der Waals surface area contributed by atoms with E-state index in [1.54, 1.807) is 12.1 Å². The van der Waals surface area contributed by atoms with Gasteiger partial charge in [0.25, 0.3) is 5.69 Å². The van der Waals surface area contributed by atoms with Gasteiger partial charge in [0.15, 0.2) is 0 Å². The van der Waals surface area contributed by atoms with Gasteiger partial charge in [0, 0.05) is 19.7 Å². The molecule has 0 heterocycles. The highest BCUT2D eigenvalue weighted by Gasteiger charge is 2.12. The third-order valence-electron chi connectivity index (χ3n) is 1.62. The molecule has 1 aromatic rings. The Kier molecular flexibility index (Phi) is 3.56. The molecule has 0 atom stereocenters. The summed E-state index contributed by atoms with van der Waals surface area (Å²) in [6.45, 7) is 0.258. The third kappa shape index (κ3) is 2.76. The van der Waals surface area contributed by atoms with E-state index in [4.69, 9.17) is 5.21 Å². The minimum Gasteiger partial charge on any atom is -0.314 e. The summed E-state index contributed by atoms with van der Waals surface area (Å²) < 4.78 is 0.437. The molecule has 0 aliphatic carbocycles. The number of benzene rings is 1. The topological polar surface area (TPSA) is 66.6 Å². The van der Waals surface area contributed by atoms with Gasteiger partial charge in [-0.15, -0.1) is 0 Å². The van der Waals surface area contributed by atoms with Gasteiger partial charge < -0.3 is 5.21 Å². The van der Waals surface area contributed by atoms with Crippen LogP contribution in [0.4, 0.5) is 5.69 Å². The standard InChI is InChI=1S/C8H9BrN2O3/c1-10(12)5-6-2-3-7(9)8(4-6)11(13)14/h2-4,12H,5H2,1H3. The minimum absolute atomic E-state index is 0.00403. The van der Waals surface area contributed by atoms with Crippen LogP contribution in [0, 0.1) is 10.1 Å². The molecule has 0 radical (unpaired) electrons. The van der Waals surface area contributed by atoms with Crippen LogP contribution in [0.15, 0.2) is 22.7 Å². The second-order valence-corrected chi connectivity index (χ2v) is 3.71. The molecule has 0 saturated carbocycles. The number of nitrogens with zero attached hydrogens (tertiary/aromatic N) is 2. The van der Waals surface area contributed by atoms with Gasteiger partial charge >= 0.3 is 0 Å². The third-order valence-corrected chi connectivity index (χ3v) is 2.29. The molecule has 0 unspecified atom stereocenters. The Morgan fingerprint density at radius 2 is 2.29 bits per heavy atom. The van der Waals surface area contributed by atoms with Crippen LogP contribution in [0.2, 0.25) is 0 Å². The Labute approximate surface area is 89.2 Å². The maximum Gasteiger partial charge on any atom is 0.283 e. The van der Waals surface area contributed by atoms with E-state index >= 15 is 0 Å². The van der Waals surface area contributed by atoms with E-state index < -0.39 is 4.92 Å². The van der Waals surface area contributed by atoms with E-state index in [0.717, 1.165) is 5.06 Å². The number of rotatable bonds is 3. The molecule has 0 amide bonds. The van der Waals surface area contributed by atoms with Crippen molar-refractivity contribution in [2.45, 2.75) is 6.54 Å². The van der Waals surface area contributed by atoms with Crippen LogP contribution in [0.25, 0.3) is 0 Å². The van der Waals surface area contributed by atoms with Crippen LogP contribution in [0.1, 0.15) is 5.56 Å². The number of hydrogen-bond donors (Lipinski definition) is 1. The highest BCUT2D eigenvalue weighted by atomic mass is 79.9. The van der Waals surface area contributed by atoms with Crippen LogP contribution in [0.5, 0.6) is 0 Å². The fraction of sp³-hybridized carbons (Fsp3) is 0.250. The van der Waals surface area contributed by atoms with Crippen LogP contribution in [0.3, 0.4) is 0 Å². The molecule has 0 aromatic heterocycles. The first kappa shape index (κ1) is 11.1. The molecule has 76 valence electrons. The number of halogens is 1. The van der Waals surface area contributed by atoms with Crippen LogP contribution in [-0.4, -0.2) is 22.2 Å². The number of nitro groups is 1. The summed E-state index contributed by atoms with van der Waals surface area (Å²) in [5.41, 5.74) is 0.689. The van der Waals surface area contributed by atoms with Gasteiger partial charge in [-0.05, 0) is 27.6 Å². The van der Waals surface area contributed by atoms with Crippen molar-refractivity contribution < 1.29 is 10.1 Å². The van der Waals surface area contributed by atoms with Gasteiger partial charge in [0.2, 0.25) is 0 Å². The largest absolute Gasteiger partial charge is 0.314 e. The first-order valence-electron chi connectivity index (χ1n) is 3.83. The zero-order valence-corrected chi connectivity index (χ0v) is 9.06. The zero-order chi connectivity index (χ0) is 10.7. The maximum atomic E-state index is 10.6. The number of hydrogen-bond acceptors (Lipinski definition) is 4. The molecule has 14 heavy (non-hydrogen) atoms. The van der Waals surface area contributed by atoms with Gasteiger partial charge in [-0.2, -0.15) is 5.06 Å². The predicted octanol–water partition coefficient (Wildman–Crippen LogP) is 2.18. The molecule has 6 heteroatoms. The molecule has 5 nitrogen and oxygen atoms in total. The van der Waals surface area contributed by atoms with Crippen molar-refractivity contribution in [1.29, 1.82) is 0 Å². The summed E-state index contributed by atoms with van der Waals surface area (Å²) in [6.07, 6.45) is 0. The normalized spacial score (nSPS) is 10.6. The minimum atomic E-state index is -0.467. The predicted molar refractivity (Wildman–Crippen MR) is 54.0 cm³/mol. The summed E-state index contributed by atoms with van der Waals surface area (Å²) in [4.78, 5) is 10.1. The first-order chi connectivity index (χ1) is 6.50. The van der Waals surface area contributed by atoms with Gasteiger partial charge in [-0.25, -0.2) is 0 Å². The molecule has 1 N–H and O–H groups in total. The first-order valence-corrected chi connectivity index (χ1v) is 4.63. The zero-order valence-electron chi connectivity index (χ0n) is 7.48. The van der Waals surface area contributed by atoms with Crippen molar-refractivity contribution in [2.24, 2.45) is 0 Å². The summed E-state index contributed by atoms with van der Waals surface area (Å²) in [6, 6.07) is 4.73. The Balaban J connectivity index is 3.00. The highest BCUT2D eigenvalue weighted by molar-refractivity contribution is 9.10. The average molecular weight is 261 g/mol.